The van der Waals surface area contributed by atoms with Gasteiger partial charge in [-0.15, -0.1) is 0 Å². The highest BCUT2D eigenvalue weighted by molar-refractivity contribution is 7.80. The number of hydrogen-bond donors (Lipinski definition) is 2. The van der Waals surface area contributed by atoms with Gasteiger partial charge in [0.2, 0.25) is 0 Å². The second-order valence-electron chi connectivity index (χ2n) is 6.62. The number of carboxylic acids is 1. The van der Waals surface area contributed by atoms with Crippen LogP contribution in [-0.2, 0) is 9.59 Å². The zero-order chi connectivity index (χ0) is 23.0. The topological polar surface area (TPSA) is 99.9 Å². The molecule has 1 saturated heterocycles. The molecule has 3 aromatic rings. The Morgan fingerprint density at radius 1 is 1.06 bits per heavy atom. The van der Waals surface area contributed by atoms with Gasteiger partial charge < -0.3 is 9.52 Å². The van der Waals surface area contributed by atoms with Gasteiger partial charge in [0, 0.05) is 5.56 Å². The number of furan rings is 1. The summed E-state index contributed by atoms with van der Waals surface area (Å²) in [5.41, 5.74) is 0.797. The summed E-state index contributed by atoms with van der Waals surface area (Å²) >= 11 is 17.4. The Labute approximate surface area is 196 Å². The van der Waals surface area contributed by atoms with Crippen molar-refractivity contribution in [3.63, 3.8) is 0 Å². The molecule has 1 fully saturated rings. The van der Waals surface area contributed by atoms with E-state index in [1.807, 2.05) is 0 Å². The molecule has 0 spiro atoms. The fraction of sp³-hybridized carbons (Fsp3) is 0. The van der Waals surface area contributed by atoms with Crippen LogP contribution in [0.5, 0.6) is 0 Å². The number of benzene rings is 2. The third kappa shape index (κ3) is 4.03. The first-order valence-corrected chi connectivity index (χ1v) is 10.2. The van der Waals surface area contributed by atoms with Gasteiger partial charge >= 0.3 is 5.97 Å². The second-order valence-corrected chi connectivity index (χ2v) is 7.79. The van der Waals surface area contributed by atoms with Crippen molar-refractivity contribution in [2.24, 2.45) is 0 Å². The summed E-state index contributed by atoms with van der Waals surface area (Å²) in [4.78, 5) is 37.6. The fourth-order valence-corrected chi connectivity index (χ4v) is 3.70. The van der Waals surface area contributed by atoms with E-state index in [4.69, 9.17) is 44.9 Å². The number of thiocarbonyl (C=S) groups is 1. The summed E-state index contributed by atoms with van der Waals surface area (Å²) in [6.45, 7) is 0. The number of carbonyl (C=O) groups is 3. The van der Waals surface area contributed by atoms with E-state index in [2.05, 4.69) is 5.32 Å². The van der Waals surface area contributed by atoms with Gasteiger partial charge in [-0.3, -0.25) is 19.8 Å². The van der Waals surface area contributed by atoms with Crippen LogP contribution in [0.2, 0.25) is 10.0 Å². The van der Waals surface area contributed by atoms with Crippen LogP contribution in [0.4, 0.5) is 5.69 Å². The number of halogens is 2. The standard InChI is InChI=1S/C22H12Cl2N2O5S/c23-15-2-1-3-16(18(15)24)26-20(28)14(19(27)25-22(26)32)10-13-8-9-17(31-13)11-4-6-12(7-5-11)21(29)30/h1-10H,(H,29,30)(H,25,27,32)/b14-10+. The number of nitrogens with one attached hydrogen (secondary N) is 1. The molecule has 1 aromatic heterocycles. The predicted octanol–water partition coefficient (Wildman–Crippen LogP) is 4.78. The molecule has 0 radical (unpaired) electrons. The number of carbonyl (C=O) groups excluding carboxylic acids is 2. The number of anilines is 1. The second kappa shape index (κ2) is 8.58. The van der Waals surface area contributed by atoms with Gasteiger partial charge in [0.25, 0.3) is 11.8 Å². The molecule has 32 heavy (non-hydrogen) atoms. The van der Waals surface area contributed by atoms with E-state index >= 15 is 0 Å². The first kappa shape index (κ1) is 21.8. The molecule has 10 heteroatoms. The Bertz CT molecular complexity index is 1310. The normalized spacial score (nSPS) is 15.2. The molecular formula is C22H12Cl2N2O5S. The summed E-state index contributed by atoms with van der Waals surface area (Å²) in [7, 11) is 0. The average molecular weight is 487 g/mol. The minimum absolute atomic E-state index is 0.116. The van der Waals surface area contributed by atoms with E-state index in [1.165, 1.54) is 18.2 Å². The Kier molecular flexibility index (Phi) is 5.84. The van der Waals surface area contributed by atoms with Crippen molar-refractivity contribution in [1.82, 2.24) is 5.32 Å². The zero-order valence-electron chi connectivity index (χ0n) is 16.0. The average Bonchev–Trinajstić information content (AvgIpc) is 3.23. The summed E-state index contributed by atoms with van der Waals surface area (Å²) in [5.74, 6) is -1.73. The molecule has 2 amide bonds. The molecule has 2 heterocycles. The lowest BCUT2D eigenvalue weighted by atomic mass is 10.1. The van der Waals surface area contributed by atoms with Crippen LogP contribution in [0.15, 0.2) is 64.6 Å². The maximum atomic E-state index is 13.1. The maximum Gasteiger partial charge on any atom is 0.335 e. The maximum absolute atomic E-state index is 13.1. The molecular weight excluding hydrogens is 475 g/mol. The summed E-state index contributed by atoms with van der Waals surface area (Å²) in [6.07, 6.45) is 1.29. The number of carboxylic acid groups (broad SMARTS) is 1. The molecule has 2 N–H and O–H groups in total. The van der Waals surface area contributed by atoms with Crippen LogP contribution >= 0.6 is 35.4 Å². The number of aromatic carboxylic acids is 1. The van der Waals surface area contributed by atoms with Gasteiger partial charge in [0.15, 0.2) is 5.11 Å². The highest BCUT2D eigenvalue weighted by Crippen LogP contribution is 2.34. The van der Waals surface area contributed by atoms with E-state index in [0.29, 0.717) is 11.3 Å². The quantitative estimate of drug-likeness (QED) is 0.312. The minimum atomic E-state index is -1.04. The first-order chi connectivity index (χ1) is 15.3. The first-order valence-electron chi connectivity index (χ1n) is 9.05. The van der Waals surface area contributed by atoms with Crippen molar-refractivity contribution in [2.45, 2.75) is 0 Å². The van der Waals surface area contributed by atoms with Crippen molar-refractivity contribution in [3.05, 3.63) is 81.5 Å². The van der Waals surface area contributed by atoms with Crippen molar-refractivity contribution in [3.8, 4) is 11.3 Å². The fourth-order valence-electron chi connectivity index (χ4n) is 3.05. The van der Waals surface area contributed by atoms with E-state index in [0.717, 1.165) is 4.90 Å². The molecule has 0 atom stereocenters. The highest BCUT2D eigenvalue weighted by Gasteiger charge is 2.36. The van der Waals surface area contributed by atoms with E-state index in [1.54, 1.807) is 42.5 Å². The largest absolute Gasteiger partial charge is 0.478 e. The Morgan fingerprint density at radius 2 is 1.78 bits per heavy atom. The van der Waals surface area contributed by atoms with Gasteiger partial charge in [0.1, 0.15) is 17.1 Å². The van der Waals surface area contributed by atoms with Gasteiger partial charge in [-0.2, -0.15) is 0 Å². The van der Waals surface area contributed by atoms with E-state index < -0.39 is 17.8 Å². The molecule has 0 unspecified atom stereocenters. The minimum Gasteiger partial charge on any atom is -0.478 e. The van der Waals surface area contributed by atoms with E-state index in [9.17, 15) is 14.4 Å². The van der Waals surface area contributed by atoms with Crippen LogP contribution in [-0.4, -0.2) is 28.0 Å². The summed E-state index contributed by atoms with van der Waals surface area (Å²) < 4.78 is 5.73. The lowest BCUT2D eigenvalue weighted by molar-refractivity contribution is -0.122. The molecule has 1 aliphatic rings. The van der Waals surface area contributed by atoms with Crippen molar-refractivity contribution in [1.29, 1.82) is 0 Å². The molecule has 0 aliphatic carbocycles. The Morgan fingerprint density at radius 3 is 2.47 bits per heavy atom. The smallest absolute Gasteiger partial charge is 0.335 e. The molecule has 4 rings (SSSR count). The van der Waals surface area contributed by atoms with Crippen molar-refractivity contribution >= 4 is 70.1 Å². The molecule has 1 aliphatic heterocycles. The SMILES string of the molecule is O=C1NC(=S)N(c2cccc(Cl)c2Cl)C(=O)/C1=C/c1ccc(-c2ccc(C(=O)O)cc2)o1. The van der Waals surface area contributed by atoms with Gasteiger partial charge in [-0.1, -0.05) is 41.4 Å². The molecule has 0 bridgehead atoms. The zero-order valence-corrected chi connectivity index (χ0v) is 18.3. The van der Waals surface area contributed by atoms with E-state index in [-0.39, 0.29) is 37.7 Å². The van der Waals surface area contributed by atoms with Gasteiger partial charge in [-0.05, 0) is 54.7 Å². The molecule has 7 nitrogen and oxygen atoms in total. The third-order valence-electron chi connectivity index (χ3n) is 4.60. The highest BCUT2D eigenvalue weighted by atomic mass is 35.5. The lowest BCUT2D eigenvalue weighted by Gasteiger charge is -2.29. The van der Waals surface area contributed by atoms with Crippen molar-refractivity contribution in [2.75, 3.05) is 4.90 Å². The van der Waals surface area contributed by atoms with Gasteiger partial charge in [-0.25, -0.2) is 4.79 Å². The Hall–Kier alpha value is -3.46. The lowest BCUT2D eigenvalue weighted by Crippen LogP contribution is -2.54. The Balaban J connectivity index is 1.67. The van der Waals surface area contributed by atoms with Crippen LogP contribution in [0, 0.1) is 0 Å². The number of amides is 2. The number of hydrogen-bond acceptors (Lipinski definition) is 5. The number of rotatable bonds is 4. The predicted molar refractivity (Wildman–Crippen MR) is 124 cm³/mol. The van der Waals surface area contributed by atoms with Gasteiger partial charge in [0.05, 0.1) is 21.3 Å². The van der Waals surface area contributed by atoms with Crippen molar-refractivity contribution < 1.29 is 23.9 Å². The summed E-state index contributed by atoms with van der Waals surface area (Å²) in [5, 5.41) is 11.7. The van der Waals surface area contributed by atoms with Crippen LogP contribution in [0.1, 0.15) is 16.1 Å². The summed E-state index contributed by atoms with van der Waals surface area (Å²) in [6, 6.07) is 14.0. The molecule has 160 valence electrons. The third-order valence-corrected chi connectivity index (χ3v) is 5.70. The monoisotopic (exact) mass is 486 g/mol. The van der Waals surface area contributed by atoms with Crippen LogP contribution < -0.4 is 10.2 Å². The number of nitrogens with zero attached hydrogens (tertiary/aromatic N) is 1. The molecule has 0 saturated carbocycles. The van der Waals surface area contributed by atoms with Crippen LogP contribution in [0.3, 0.4) is 0 Å². The molecule has 2 aromatic carbocycles. The van der Waals surface area contributed by atoms with Crippen LogP contribution in [0.25, 0.3) is 17.4 Å².